The molecular formula is C54H35N3S. The first-order valence-electron chi connectivity index (χ1n) is 22.4. The maximum Gasteiger partial charge on any atom is 0.160 e. The van der Waals surface area contributed by atoms with Crippen molar-refractivity contribution in [2.75, 3.05) is 4.90 Å². The number of hydrogen-bond acceptors (Lipinski definition) is 4. The number of aromatic nitrogens is 2. The number of anilines is 2. The molecule has 10 aromatic rings. The zero-order valence-electron chi connectivity index (χ0n) is 37.0. The number of nitrogens with zero attached hydrogens (tertiary/aromatic N) is 3. The molecular weight excluding hydrogens is 723 g/mol. The van der Waals surface area contributed by atoms with Gasteiger partial charge in [-0.1, -0.05) is 164 Å². The molecule has 12 rings (SSSR count). The lowest BCUT2D eigenvalue weighted by Gasteiger charge is -2.29. The highest BCUT2D eigenvalue weighted by Gasteiger charge is 2.37. The van der Waals surface area contributed by atoms with Crippen LogP contribution in [0.15, 0.2) is 188 Å². The van der Waals surface area contributed by atoms with E-state index in [1.165, 1.54) is 27.3 Å². The Bertz CT molecular complexity index is 3670. The molecule has 3 nitrogen and oxygen atoms in total. The quantitative estimate of drug-likeness (QED) is 0.175. The largest absolute Gasteiger partial charge is 0.333 e. The van der Waals surface area contributed by atoms with Crippen LogP contribution in [-0.2, 0) is 0 Å². The molecule has 272 valence electrons. The molecule has 1 aliphatic heterocycles. The normalized spacial score (nSPS) is 16.9. The summed E-state index contributed by atoms with van der Waals surface area (Å²) in [5.74, 6) is 0.637. The predicted octanol–water partition coefficient (Wildman–Crippen LogP) is 12.5. The second-order valence-corrected chi connectivity index (χ2v) is 15.9. The Hall–Kier alpha value is -7.14. The predicted molar refractivity (Wildman–Crippen MR) is 244 cm³/mol. The minimum absolute atomic E-state index is 0.0565. The first kappa shape index (κ1) is 27.5. The lowest BCUT2D eigenvalue weighted by Crippen LogP contribution is -2.38. The van der Waals surface area contributed by atoms with Gasteiger partial charge in [-0.05, 0) is 74.3 Å². The highest BCUT2D eigenvalue weighted by molar-refractivity contribution is 7.26. The molecule has 0 bridgehead atoms. The maximum absolute atomic E-state index is 9.87. The van der Waals surface area contributed by atoms with Crippen LogP contribution in [0.25, 0.3) is 88.1 Å². The van der Waals surface area contributed by atoms with E-state index in [0.717, 1.165) is 33.3 Å². The molecule has 2 atom stereocenters. The van der Waals surface area contributed by atoms with Crippen LogP contribution < -0.4 is 15.3 Å². The lowest BCUT2D eigenvalue weighted by molar-refractivity contribution is 0.802. The third-order valence-corrected chi connectivity index (χ3v) is 12.6. The van der Waals surface area contributed by atoms with E-state index in [1.807, 2.05) is 78.9 Å². The van der Waals surface area contributed by atoms with Crippen LogP contribution in [0.5, 0.6) is 0 Å². The van der Waals surface area contributed by atoms with Gasteiger partial charge in [-0.3, -0.25) is 0 Å². The fourth-order valence-corrected chi connectivity index (χ4v) is 9.95. The van der Waals surface area contributed by atoms with Gasteiger partial charge in [0.2, 0.25) is 0 Å². The average Bonchev–Trinajstić information content (AvgIpc) is 3.88. The van der Waals surface area contributed by atoms with E-state index in [2.05, 4.69) is 89.8 Å². The minimum Gasteiger partial charge on any atom is -0.333 e. The first-order valence-corrected chi connectivity index (χ1v) is 20.2. The molecule has 0 saturated carbocycles. The van der Waals surface area contributed by atoms with Crippen LogP contribution in [0.4, 0.5) is 11.4 Å². The van der Waals surface area contributed by atoms with E-state index < -0.39 is 0 Å². The van der Waals surface area contributed by atoms with Gasteiger partial charge >= 0.3 is 0 Å². The fourth-order valence-electron chi connectivity index (χ4n) is 8.83. The van der Waals surface area contributed by atoms with Gasteiger partial charge in [0, 0.05) is 54.2 Å². The SMILES string of the molecule is [2H]c1c([2H])c([2H])c2c(sc3c(-c4cc(-c5ccccc5)nc(-c5ccccc5)n4)c([2H])c([2H])c(-c4ccc5ccc(N6c7ccccc7C7C=c8ccccc8=CC76)cc5c4)c32)c1[2H]. The van der Waals surface area contributed by atoms with Crippen molar-refractivity contribution in [3.8, 4) is 45.0 Å². The summed E-state index contributed by atoms with van der Waals surface area (Å²) < 4.78 is 56.4. The summed E-state index contributed by atoms with van der Waals surface area (Å²) in [6.45, 7) is 0. The van der Waals surface area contributed by atoms with Gasteiger partial charge in [-0.15, -0.1) is 11.3 Å². The summed E-state index contributed by atoms with van der Waals surface area (Å²) in [6, 6.07) is 49.8. The zero-order chi connectivity index (χ0) is 43.4. The molecule has 0 amide bonds. The summed E-state index contributed by atoms with van der Waals surface area (Å²) in [5.41, 5.74) is 7.68. The second kappa shape index (κ2) is 13.2. The molecule has 0 N–H and O–H groups in total. The van der Waals surface area contributed by atoms with Gasteiger partial charge in [0.25, 0.3) is 0 Å². The molecule has 0 fully saturated rings. The van der Waals surface area contributed by atoms with Gasteiger partial charge in [-0.25, -0.2) is 9.97 Å². The molecule has 0 spiro atoms. The van der Waals surface area contributed by atoms with Crippen LogP contribution >= 0.6 is 11.3 Å². The van der Waals surface area contributed by atoms with Crippen molar-refractivity contribution in [3.05, 3.63) is 204 Å². The van der Waals surface area contributed by atoms with E-state index >= 15 is 0 Å². The molecule has 0 saturated heterocycles. The molecule has 58 heavy (non-hydrogen) atoms. The fraction of sp³-hybridized carbons (Fsp3) is 0.0370. The maximum atomic E-state index is 9.87. The number of thiophene rings is 1. The third kappa shape index (κ3) is 5.33. The van der Waals surface area contributed by atoms with Crippen LogP contribution in [0.1, 0.15) is 19.7 Å². The van der Waals surface area contributed by atoms with Gasteiger partial charge in [-0.2, -0.15) is 0 Å². The Balaban J connectivity index is 1.10. The van der Waals surface area contributed by atoms with Gasteiger partial charge in [0.05, 0.1) is 25.7 Å². The van der Waals surface area contributed by atoms with E-state index in [1.54, 1.807) is 0 Å². The van der Waals surface area contributed by atoms with Crippen molar-refractivity contribution < 1.29 is 8.22 Å². The molecule has 2 aromatic heterocycles. The third-order valence-electron chi connectivity index (χ3n) is 11.5. The molecule has 3 heterocycles. The van der Waals surface area contributed by atoms with Crippen LogP contribution in [-0.4, -0.2) is 16.0 Å². The second-order valence-electron chi connectivity index (χ2n) is 14.9. The summed E-state index contributed by atoms with van der Waals surface area (Å²) >= 11 is 1.22. The van der Waals surface area contributed by atoms with E-state index in [4.69, 9.17) is 14.1 Å². The molecule has 8 aromatic carbocycles. The number of hydrogen-bond donors (Lipinski definition) is 0. The van der Waals surface area contributed by atoms with Gasteiger partial charge in [0.15, 0.2) is 5.82 Å². The topological polar surface area (TPSA) is 29.0 Å². The number of benzene rings is 8. The van der Waals surface area contributed by atoms with Crippen molar-refractivity contribution in [1.82, 2.24) is 9.97 Å². The highest BCUT2D eigenvalue weighted by Crippen LogP contribution is 2.49. The smallest absolute Gasteiger partial charge is 0.160 e. The van der Waals surface area contributed by atoms with Crippen molar-refractivity contribution in [3.63, 3.8) is 0 Å². The number of para-hydroxylation sites is 1. The Morgan fingerprint density at radius 2 is 1.26 bits per heavy atom. The number of fused-ring (bicyclic) bond motifs is 8. The zero-order valence-corrected chi connectivity index (χ0v) is 31.8. The van der Waals surface area contributed by atoms with Crippen molar-refractivity contribution in [2.45, 2.75) is 12.0 Å². The molecule has 2 aliphatic rings. The Kier molecular flexibility index (Phi) is 6.26. The standard InChI is InChI=1S/C54H35N3S/c1-3-13-35(14-4-1)47-33-48(56-54(55-47)36-15-5-2-6-16-36)44-28-27-42(52-45-20-10-12-22-51(45)58-53(44)52)39-24-23-34-25-26-41(30-40(34)29-39)57-49-21-11-9-19-43(49)46-31-37-17-7-8-18-38(37)32-50(46)57/h1-33,46,50H/i10D,12D,20D,22D,27D,28D. The Morgan fingerprint density at radius 3 is 2.12 bits per heavy atom. The monoisotopic (exact) mass is 763 g/mol. The van der Waals surface area contributed by atoms with Crippen molar-refractivity contribution in [2.24, 2.45) is 0 Å². The van der Waals surface area contributed by atoms with Gasteiger partial charge in [0.1, 0.15) is 0 Å². The van der Waals surface area contributed by atoms with Crippen LogP contribution in [0.3, 0.4) is 0 Å². The lowest BCUT2D eigenvalue weighted by atomic mass is 9.89. The highest BCUT2D eigenvalue weighted by atomic mass is 32.1. The molecule has 4 heteroatoms. The van der Waals surface area contributed by atoms with Crippen LogP contribution in [0, 0.1) is 0 Å². The molecule has 2 unspecified atom stereocenters. The van der Waals surface area contributed by atoms with E-state index in [-0.39, 0.29) is 48.2 Å². The summed E-state index contributed by atoms with van der Waals surface area (Å²) in [5, 5.41) is 5.22. The van der Waals surface area contributed by atoms with Crippen molar-refractivity contribution in [1.29, 1.82) is 0 Å². The minimum atomic E-state index is -0.349. The molecule has 0 radical (unpaired) electrons. The molecule has 1 aliphatic carbocycles. The Labute approximate surface area is 348 Å². The Morgan fingerprint density at radius 1 is 0.552 bits per heavy atom. The summed E-state index contributed by atoms with van der Waals surface area (Å²) in [6.07, 6.45) is 4.75. The van der Waals surface area contributed by atoms with E-state index in [0.29, 0.717) is 54.1 Å². The van der Waals surface area contributed by atoms with Crippen LogP contribution in [0.2, 0.25) is 0 Å². The number of rotatable bonds is 5. The van der Waals surface area contributed by atoms with Gasteiger partial charge < -0.3 is 4.90 Å². The van der Waals surface area contributed by atoms with E-state index in [9.17, 15) is 4.11 Å². The van der Waals surface area contributed by atoms with Crippen molar-refractivity contribution >= 4 is 65.8 Å². The summed E-state index contributed by atoms with van der Waals surface area (Å²) in [4.78, 5) is 12.5. The summed E-state index contributed by atoms with van der Waals surface area (Å²) in [7, 11) is 0. The first-order chi connectivity index (χ1) is 31.2. The average molecular weight is 764 g/mol.